The minimum absolute atomic E-state index is 0.817. The van der Waals surface area contributed by atoms with Gasteiger partial charge in [-0.15, -0.1) is 0 Å². The second-order valence-corrected chi connectivity index (χ2v) is 32.6. The van der Waals surface area contributed by atoms with Gasteiger partial charge >= 0.3 is 0 Å². The van der Waals surface area contributed by atoms with Crippen molar-refractivity contribution in [3.05, 3.63) is 33.4 Å². The van der Waals surface area contributed by atoms with E-state index in [-0.39, 0.29) is 0 Å². The summed E-state index contributed by atoms with van der Waals surface area (Å²) >= 11 is 0. The average molecular weight is 985 g/mol. The fourth-order valence-electron chi connectivity index (χ4n) is 29.0. The zero-order valence-corrected chi connectivity index (χ0v) is 46.5. The van der Waals surface area contributed by atoms with Gasteiger partial charge in [0.2, 0.25) is 0 Å². The Morgan fingerprint density at radius 3 is 1.26 bits per heavy atom. The van der Waals surface area contributed by atoms with E-state index in [1.54, 1.807) is 225 Å². The summed E-state index contributed by atoms with van der Waals surface area (Å²) in [6.45, 7) is 0. The van der Waals surface area contributed by atoms with E-state index in [2.05, 4.69) is 33.4 Å². The number of hydrogen-bond acceptors (Lipinski definition) is 1. The summed E-state index contributed by atoms with van der Waals surface area (Å²) in [6, 6.07) is 1.64. The van der Waals surface area contributed by atoms with Crippen LogP contribution in [0.3, 0.4) is 0 Å². The number of nitrogens with one attached hydrogen (secondary N) is 1. The third kappa shape index (κ3) is 6.90. The standard InChI is InChI=1S/C72H105N/c1-3-40-10-11-45-16-26-52(56-30-20-42(5-1)65(40)68(45)56)53-27-17-47-24-33-59-55(29-19-48-22-31-57(53)69(47)71(48)59)64-36-35-63(73-64)54-28-18-46-15-25-51-39(7-9-44-23-32-58(54)70(46)67(44)51)8-13-49-37-62-60-34-21-43-6-2-4-41-12-14-50(38-61(49)62)72(60)66(41)43/h39-64,66,72-73H,1-38H2. The van der Waals surface area contributed by atoms with Crippen LogP contribution in [-0.2, 0) is 0 Å². The molecule has 0 radical (unpaired) electrons. The van der Waals surface area contributed by atoms with E-state index in [1.165, 1.54) is 31.1 Å². The van der Waals surface area contributed by atoms with Gasteiger partial charge in [-0.1, -0.05) is 59.1 Å². The summed E-state index contributed by atoms with van der Waals surface area (Å²) in [7, 11) is 0. The lowest BCUT2D eigenvalue weighted by Gasteiger charge is -2.65. The molecule has 0 aromatic heterocycles. The van der Waals surface area contributed by atoms with E-state index >= 15 is 0 Å². The first-order valence-electron chi connectivity index (χ1n) is 35.1. The van der Waals surface area contributed by atoms with E-state index in [0.29, 0.717) is 0 Å². The van der Waals surface area contributed by atoms with Crippen LogP contribution >= 0.6 is 0 Å². The molecule has 1 saturated heterocycles. The molecule has 73 heavy (non-hydrogen) atoms. The zero-order valence-electron chi connectivity index (χ0n) is 46.5. The maximum atomic E-state index is 4.72. The maximum Gasteiger partial charge on any atom is 0.0104 e. The Bertz CT molecular complexity index is 2240. The number of rotatable bonds is 6. The molecule has 18 aliphatic rings. The van der Waals surface area contributed by atoms with Crippen molar-refractivity contribution in [2.45, 2.75) is 256 Å². The largest absolute Gasteiger partial charge is 0.311 e. The monoisotopic (exact) mass is 984 g/mol. The van der Waals surface area contributed by atoms with Crippen molar-refractivity contribution in [2.24, 2.45) is 154 Å². The van der Waals surface area contributed by atoms with Crippen LogP contribution in [0.15, 0.2) is 33.4 Å². The van der Waals surface area contributed by atoms with Crippen molar-refractivity contribution < 1.29 is 0 Å². The molecule has 11 saturated carbocycles. The molecule has 1 aliphatic heterocycles. The third-order valence-corrected chi connectivity index (χ3v) is 31.2. The molecular formula is C72H105N. The van der Waals surface area contributed by atoms with Crippen LogP contribution in [0, 0.1) is 154 Å². The van der Waals surface area contributed by atoms with Crippen molar-refractivity contribution >= 4 is 0 Å². The fourth-order valence-corrected chi connectivity index (χ4v) is 29.0. The van der Waals surface area contributed by atoms with Gasteiger partial charge < -0.3 is 5.32 Å². The predicted molar refractivity (Wildman–Crippen MR) is 298 cm³/mol. The van der Waals surface area contributed by atoms with Crippen LogP contribution < -0.4 is 5.32 Å². The van der Waals surface area contributed by atoms with Crippen molar-refractivity contribution in [3.63, 3.8) is 0 Å². The second-order valence-electron chi connectivity index (χ2n) is 32.6. The Kier molecular flexibility index (Phi) is 11.2. The lowest BCUT2D eigenvalue weighted by atomic mass is 9.40. The molecule has 1 heterocycles. The lowest BCUT2D eigenvalue weighted by molar-refractivity contribution is -0.160. The van der Waals surface area contributed by atoms with Gasteiger partial charge in [-0.3, -0.25) is 0 Å². The first-order chi connectivity index (χ1) is 36.2. The van der Waals surface area contributed by atoms with E-state index in [9.17, 15) is 0 Å². The number of allylic oxidation sites excluding steroid dienone is 6. The average Bonchev–Trinajstić information content (AvgIpc) is 3.93. The Hall–Kier alpha value is -0.820. The molecule has 1 heteroatoms. The summed E-state index contributed by atoms with van der Waals surface area (Å²) in [6.07, 6.45) is 60.2. The summed E-state index contributed by atoms with van der Waals surface area (Å²) in [4.78, 5) is 0. The molecule has 1 nitrogen and oxygen atoms in total. The van der Waals surface area contributed by atoms with Gasteiger partial charge in [0.1, 0.15) is 0 Å². The first-order valence-corrected chi connectivity index (χ1v) is 35.1. The topological polar surface area (TPSA) is 12.0 Å². The van der Waals surface area contributed by atoms with Crippen LogP contribution in [0.5, 0.6) is 0 Å². The summed E-state index contributed by atoms with van der Waals surface area (Å²) in [5.74, 6) is 27.2. The van der Waals surface area contributed by atoms with E-state index in [0.717, 1.165) is 154 Å². The molecule has 0 amide bonds. The SMILES string of the molecule is C1CC2CCC3CCC(C4CCC5CCC6C7=C5C4CCC7CCC6C4CCC(C5CCC6CCC7C8=C6C5CCC8CCC7CCC5CC6C5CC5CCC7CCCC8CCC6C5C78)N4)C4CCC(C1)C2=C34. The molecule has 0 bridgehead atoms. The minimum atomic E-state index is 0.817. The second kappa shape index (κ2) is 17.8. The van der Waals surface area contributed by atoms with Gasteiger partial charge in [-0.25, -0.2) is 0 Å². The molecule has 28 atom stereocenters. The smallest absolute Gasteiger partial charge is 0.0104 e. The van der Waals surface area contributed by atoms with Crippen LogP contribution in [0.1, 0.15) is 244 Å². The minimum Gasteiger partial charge on any atom is -0.311 e. The Balaban J connectivity index is 0.560. The quantitative estimate of drug-likeness (QED) is 0.262. The van der Waals surface area contributed by atoms with Crippen molar-refractivity contribution in [1.82, 2.24) is 5.32 Å². The van der Waals surface area contributed by atoms with Crippen molar-refractivity contribution in [3.8, 4) is 0 Å². The molecule has 1 N–H and O–H groups in total. The van der Waals surface area contributed by atoms with Gasteiger partial charge in [0.05, 0.1) is 0 Å². The zero-order chi connectivity index (χ0) is 47.2. The van der Waals surface area contributed by atoms with Gasteiger partial charge in [0.25, 0.3) is 0 Å². The Labute approximate surface area is 446 Å². The van der Waals surface area contributed by atoms with Crippen LogP contribution in [0.4, 0.5) is 0 Å². The van der Waals surface area contributed by atoms with E-state index in [1.807, 2.05) is 0 Å². The summed E-state index contributed by atoms with van der Waals surface area (Å²) in [5.41, 5.74) is 13.1. The molecule has 28 unspecified atom stereocenters. The normalized spacial score (nSPS) is 56.9. The van der Waals surface area contributed by atoms with Crippen LogP contribution in [0.25, 0.3) is 0 Å². The number of fused-ring (bicyclic) bond motifs is 2. The van der Waals surface area contributed by atoms with Crippen LogP contribution in [-0.4, -0.2) is 12.1 Å². The Morgan fingerprint density at radius 1 is 0.247 bits per heavy atom. The first kappa shape index (κ1) is 46.0. The highest BCUT2D eigenvalue weighted by Crippen LogP contribution is 2.69. The molecule has 12 fully saturated rings. The van der Waals surface area contributed by atoms with Crippen molar-refractivity contribution in [2.75, 3.05) is 0 Å². The van der Waals surface area contributed by atoms with Gasteiger partial charge in [-0.05, 0) is 372 Å². The summed E-state index contributed by atoms with van der Waals surface area (Å²) < 4.78 is 0. The third-order valence-electron chi connectivity index (χ3n) is 31.2. The lowest BCUT2D eigenvalue weighted by Crippen LogP contribution is -2.58. The Morgan fingerprint density at radius 2 is 0.658 bits per heavy atom. The highest BCUT2D eigenvalue weighted by atomic mass is 15.0. The molecule has 18 rings (SSSR count). The highest BCUT2D eigenvalue weighted by molar-refractivity contribution is 5.38. The van der Waals surface area contributed by atoms with Crippen LogP contribution in [0.2, 0.25) is 0 Å². The van der Waals surface area contributed by atoms with Gasteiger partial charge in [0, 0.05) is 12.1 Å². The maximum absolute atomic E-state index is 4.72. The van der Waals surface area contributed by atoms with Gasteiger partial charge in [0.15, 0.2) is 0 Å². The molecular weight excluding hydrogens is 879 g/mol. The molecule has 398 valence electrons. The number of hydrogen-bond donors (Lipinski definition) is 1. The van der Waals surface area contributed by atoms with Crippen molar-refractivity contribution in [1.29, 1.82) is 0 Å². The van der Waals surface area contributed by atoms with E-state index in [4.69, 9.17) is 5.32 Å². The molecule has 0 aromatic carbocycles. The molecule has 17 aliphatic carbocycles. The molecule has 0 spiro atoms. The fraction of sp³-hybridized carbons (Fsp3) is 0.917. The van der Waals surface area contributed by atoms with E-state index < -0.39 is 0 Å². The summed E-state index contributed by atoms with van der Waals surface area (Å²) in [5, 5.41) is 4.72. The highest BCUT2D eigenvalue weighted by Gasteiger charge is 2.61. The van der Waals surface area contributed by atoms with Gasteiger partial charge in [-0.2, -0.15) is 0 Å². The molecule has 0 aromatic rings. The predicted octanol–water partition coefficient (Wildman–Crippen LogP) is 18.3.